The lowest BCUT2D eigenvalue weighted by Crippen LogP contribution is -2.31. The molecule has 0 aliphatic carbocycles. The van der Waals surface area contributed by atoms with Crippen molar-refractivity contribution in [2.24, 2.45) is 0 Å². The summed E-state index contributed by atoms with van der Waals surface area (Å²) in [6.07, 6.45) is 0. The van der Waals surface area contributed by atoms with Crippen molar-refractivity contribution in [3.05, 3.63) is 53.8 Å². The first-order chi connectivity index (χ1) is 9.60. The molecule has 104 valence electrons. The monoisotopic (exact) mass is 276 g/mol. The molecule has 0 aliphatic rings. The van der Waals surface area contributed by atoms with Gasteiger partial charge < -0.3 is 19.5 Å². The van der Waals surface area contributed by atoms with Gasteiger partial charge in [0.25, 0.3) is 0 Å². The van der Waals surface area contributed by atoms with E-state index >= 15 is 0 Å². The Morgan fingerprint density at radius 1 is 1.10 bits per heavy atom. The predicted octanol–water partition coefficient (Wildman–Crippen LogP) is 1.09. The fourth-order valence-corrected chi connectivity index (χ4v) is 1.73. The molecule has 2 rings (SSSR count). The van der Waals surface area contributed by atoms with Crippen LogP contribution in [-0.2, 0) is 6.61 Å². The Labute approximate surface area is 116 Å². The minimum Gasteiger partial charge on any atom is -0.497 e. The average Bonchev–Trinajstić information content (AvgIpc) is 2.46. The van der Waals surface area contributed by atoms with Crippen LogP contribution >= 0.6 is 0 Å². The third kappa shape index (κ3) is 3.49. The van der Waals surface area contributed by atoms with Gasteiger partial charge in [0, 0.05) is 5.46 Å². The van der Waals surface area contributed by atoms with Crippen molar-refractivity contribution in [2.45, 2.75) is 6.61 Å². The van der Waals surface area contributed by atoms with Gasteiger partial charge in [0.15, 0.2) is 0 Å². The second-order valence-electron chi connectivity index (χ2n) is 4.19. The maximum atomic E-state index is 12.8. The second-order valence-corrected chi connectivity index (χ2v) is 4.19. The van der Waals surface area contributed by atoms with Crippen LogP contribution in [0.4, 0.5) is 4.39 Å². The molecule has 0 aliphatic heterocycles. The summed E-state index contributed by atoms with van der Waals surface area (Å²) in [5.74, 6) is 0.525. The van der Waals surface area contributed by atoms with Crippen LogP contribution in [0.25, 0.3) is 0 Å². The lowest BCUT2D eigenvalue weighted by atomic mass is 9.79. The van der Waals surface area contributed by atoms with E-state index in [0.717, 1.165) is 5.56 Å². The van der Waals surface area contributed by atoms with Crippen LogP contribution in [-0.4, -0.2) is 24.3 Å². The Balaban J connectivity index is 2.14. The van der Waals surface area contributed by atoms with Gasteiger partial charge in [-0.05, 0) is 35.9 Å². The molecule has 0 atom stereocenters. The van der Waals surface area contributed by atoms with Crippen molar-refractivity contribution < 1.29 is 23.9 Å². The molecule has 0 spiro atoms. The highest BCUT2D eigenvalue weighted by Crippen LogP contribution is 2.17. The lowest BCUT2D eigenvalue weighted by Gasteiger charge is -2.12. The van der Waals surface area contributed by atoms with E-state index in [4.69, 9.17) is 9.47 Å². The van der Waals surface area contributed by atoms with Gasteiger partial charge >= 0.3 is 7.12 Å². The molecule has 0 radical (unpaired) electrons. The van der Waals surface area contributed by atoms with Crippen LogP contribution in [0.1, 0.15) is 5.56 Å². The molecule has 0 heterocycles. The molecule has 2 aromatic carbocycles. The molecule has 0 fully saturated rings. The van der Waals surface area contributed by atoms with Crippen LogP contribution in [0.2, 0.25) is 0 Å². The molecule has 0 amide bonds. The van der Waals surface area contributed by atoms with Crippen LogP contribution < -0.4 is 14.9 Å². The topological polar surface area (TPSA) is 58.9 Å². The molecule has 6 heteroatoms. The highest BCUT2D eigenvalue weighted by Gasteiger charge is 2.18. The van der Waals surface area contributed by atoms with Gasteiger partial charge in [-0.25, -0.2) is 4.39 Å². The van der Waals surface area contributed by atoms with Gasteiger partial charge in [-0.15, -0.1) is 0 Å². The van der Waals surface area contributed by atoms with E-state index in [9.17, 15) is 14.4 Å². The summed E-state index contributed by atoms with van der Waals surface area (Å²) in [4.78, 5) is 0. The van der Waals surface area contributed by atoms with E-state index in [1.165, 1.54) is 25.3 Å². The van der Waals surface area contributed by atoms with E-state index in [2.05, 4.69) is 0 Å². The summed E-state index contributed by atoms with van der Waals surface area (Å²) >= 11 is 0. The Hall–Kier alpha value is -2.05. The maximum absolute atomic E-state index is 12.8. The van der Waals surface area contributed by atoms with Crippen molar-refractivity contribution in [3.8, 4) is 11.5 Å². The molecule has 4 nitrogen and oxygen atoms in total. The highest BCUT2D eigenvalue weighted by atomic mass is 19.1. The zero-order valence-electron chi connectivity index (χ0n) is 10.9. The van der Waals surface area contributed by atoms with Crippen molar-refractivity contribution >= 4 is 12.6 Å². The van der Waals surface area contributed by atoms with Crippen LogP contribution in [0.5, 0.6) is 11.5 Å². The van der Waals surface area contributed by atoms with Gasteiger partial charge in [0.1, 0.15) is 23.9 Å². The number of ether oxygens (including phenoxy) is 2. The van der Waals surface area contributed by atoms with Crippen molar-refractivity contribution in [2.75, 3.05) is 7.11 Å². The van der Waals surface area contributed by atoms with Crippen molar-refractivity contribution in [3.63, 3.8) is 0 Å². The molecule has 0 saturated heterocycles. The molecule has 2 aromatic rings. The minimum atomic E-state index is -1.66. The summed E-state index contributed by atoms with van der Waals surface area (Å²) in [7, 11) is -0.171. The third-order valence-corrected chi connectivity index (χ3v) is 2.80. The normalized spacial score (nSPS) is 10.2. The quantitative estimate of drug-likeness (QED) is 0.803. The number of hydrogen-bond acceptors (Lipinski definition) is 4. The average molecular weight is 276 g/mol. The van der Waals surface area contributed by atoms with E-state index in [-0.39, 0.29) is 17.9 Å². The molecule has 0 aromatic heterocycles. The number of hydrogen-bond donors (Lipinski definition) is 2. The zero-order chi connectivity index (χ0) is 14.5. The third-order valence-electron chi connectivity index (χ3n) is 2.80. The molecular weight excluding hydrogens is 262 g/mol. The van der Waals surface area contributed by atoms with Gasteiger partial charge in [0.05, 0.1) is 7.11 Å². The molecule has 0 bridgehead atoms. The highest BCUT2D eigenvalue weighted by molar-refractivity contribution is 6.59. The number of methoxy groups -OCH3 is 1. The molecule has 0 unspecified atom stereocenters. The molecular formula is C14H14BFO4. The van der Waals surface area contributed by atoms with E-state index in [1.807, 2.05) is 0 Å². The van der Waals surface area contributed by atoms with Crippen molar-refractivity contribution in [1.82, 2.24) is 0 Å². The summed E-state index contributed by atoms with van der Waals surface area (Å²) in [5.41, 5.74) is 0.993. The van der Waals surface area contributed by atoms with Gasteiger partial charge in [-0.2, -0.15) is 0 Å². The first-order valence-corrected chi connectivity index (χ1v) is 6.01. The number of rotatable bonds is 5. The van der Waals surface area contributed by atoms with Crippen molar-refractivity contribution in [1.29, 1.82) is 0 Å². The first kappa shape index (κ1) is 14.4. The number of halogens is 1. The first-order valence-electron chi connectivity index (χ1n) is 6.01. The molecule has 0 saturated carbocycles. The van der Waals surface area contributed by atoms with Gasteiger partial charge in [-0.3, -0.25) is 0 Å². The second kappa shape index (κ2) is 6.41. The fraction of sp³-hybridized carbons (Fsp3) is 0.143. The van der Waals surface area contributed by atoms with Crippen LogP contribution in [0, 0.1) is 5.82 Å². The van der Waals surface area contributed by atoms with E-state index in [0.29, 0.717) is 11.5 Å². The minimum absolute atomic E-state index is 0.201. The Bertz CT molecular complexity index is 572. The fourth-order valence-electron chi connectivity index (χ4n) is 1.73. The Kier molecular flexibility index (Phi) is 4.60. The largest absolute Gasteiger partial charge is 0.497 e. The lowest BCUT2D eigenvalue weighted by molar-refractivity contribution is 0.306. The van der Waals surface area contributed by atoms with E-state index < -0.39 is 7.12 Å². The Morgan fingerprint density at radius 2 is 1.80 bits per heavy atom. The predicted molar refractivity (Wildman–Crippen MR) is 73.6 cm³/mol. The SMILES string of the molecule is COc1ccc(OCc2ccc(F)cc2)c(B(O)O)c1. The Morgan fingerprint density at radius 3 is 2.40 bits per heavy atom. The summed E-state index contributed by atoms with van der Waals surface area (Å²) in [6, 6.07) is 10.6. The zero-order valence-corrected chi connectivity index (χ0v) is 10.9. The van der Waals surface area contributed by atoms with Gasteiger partial charge in [0.2, 0.25) is 0 Å². The van der Waals surface area contributed by atoms with Crippen LogP contribution in [0.15, 0.2) is 42.5 Å². The summed E-state index contributed by atoms with van der Waals surface area (Å²) in [5, 5.41) is 18.7. The summed E-state index contributed by atoms with van der Waals surface area (Å²) in [6.45, 7) is 0.201. The smallest absolute Gasteiger partial charge is 0.492 e. The number of benzene rings is 2. The summed E-state index contributed by atoms with van der Waals surface area (Å²) < 4.78 is 23.3. The van der Waals surface area contributed by atoms with Gasteiger partial charge in [-0.1, -0.05) is 12.1 Å². The maximum Gasteiger partial charge on any atom is 0.492 e. The molecule has 2 N–H and O–H groups in total. The van der Waals surface area contributed by atoms with E-state index in [1.54, 1.807) is 24.3 Å². The molecule has 20 heavy (non-hydrogen) atoms. The van der Waals surface area contributed by atoms with Crippen LogP contribution in [0.3, 0.4) is 0 Å². The standard InChI is InChI=1S/C14H14BFO4/c1-19-12-6-7-14(13(8-12)15(17)18)20-9-10-2-4-11(16)5-3-10/h2-8,17-18H,9H2,1H3.